The van der Waals surface area contributed by atoms with Crippen LogP contribution in [0.5, 0.6) is 11.5 Å². The number of nitrogens with one attached hydrogen (secondary N) is 2. The van der Waals surface area contributed by atoms with Crippen LogP contribution in [0.15, 0.2) is 71.0 Å². The van der Waals surface area contributed by atoms with Crippen molar-refractivity contribution in [2.45, 2.75) is 39.2 Å². The summed E-state index contributed by atoms with van der Waals surface area (Å²) in [6.07, 6.45) is 2.99. The molecule has 1 heterocycles. The molecule has 0 bridgehead atoms. The summed E-state index contributed by atoms with van der Waals surface area (Å²) < 4.78 is 15.9. The van der Waals surface area contributed by atoms with Crippen LogP contribution in [0.4, 0.5) is 0 Å². The van der Waals surface area contributed by atoms with E-state index in [9.17, 15) is 9.59 Å². The highest BCUT2D eigenvalue weighted by molar-refractivity contribution is 6.05. The van der Waals surface area contributed by atoms with Crippen LogP contribution in [0.3, 0.4) is 0 Å². The van der Waals surface area contributed by atoms with Crippen molar-refractivity contribution in [1.82, 2.24) is 10.6 Å². The van der Waals surface area contributed by atoms with Crippen LogP contribution in [0.2, 0.25) is 0 Å². The Balaban J connectivity index is 1.81. The van der Waals surface area contributed by atoms with Crippen LogP contribution < -0.4 is 20.1 Å². The lowest BCUT2D eigenvalue weighted by atomic mass is 9.86. The summed E-state index contributed by atoms with van der Waals surface area (Å²) in [5.74, 6) is 0.432. The SMILES string of the molecule is COc1ccc(C(=O)N/C(=C\c2ccco2)C(=O)N[C@H](C)c2ccc(C(C)(C)C)cc2)cc1OC. The highest BCUT2D eigenvalue weighted by Gasteiger charge is 2.20. The number of carbonyl (C=O) groups excluding carboxylic acids is 2. The van der Waals surface area contributed by atoms with Crippen molar-refractivity contribution in [1.29, 1.82) is 0 Å². The fourth-order valence-electron chi connectivity index (χ4n) is 3.48. The third kappa shape index (κ3) is 6.53. The average molecular weight is 477 g/mol. The zero-order chi connectivity index (χ0) is 25.6. The minimum atomic E-state index is -0.471. The Labute approximate surface area is 206 Å². The van der Waals surface area contributed by atoms with Crippen LogP contribution in [0, 0.1) is 0 Å². The van der Waals surface area contributed by atoms with E-state index < -0.39 is 11.8 Å². The zero-order valence-corrected chi connectivity index (χ0v) is 21.0. The van der Waals surface area contributed by atoms with Gasteiger partial charge in [0.1, 0.15) is 11.5 Å². The van der Waals surface area contributed by atoms with Gasteiger partial charge in [-0.2, -0.15) is 0 Å². The summed E-state index contributed by atoms with van der Waals surface area (Å²) in [5.41, 5.74) is 2.57. The predicted octanol–water partition coefficient (Wildman–Crippen LogP) is 5.24. The van der Waals surface area contributed by atoms with Crippen LogP contribution in [-0.4, -0.2) is 26.0 Å². The standard InChI is InChI=1S/C28H32N2O5/c1-18(19-9-12-21(13-10-19)28(2,3)4)29-27(32)23(17-22-8-7-15-35-22)30-26(31)20-11-14-24(33-5)25(16-20)34-6/h7-18H,1-6H3,(H,29,32)(H,30,31)/b23-17-/t18-/m1/s1. The molecule has 2 N–H and O–H groups in total. The van der Waals surface area contributed by atoms with E-state index >= 15 is 0 Å². The summed E-state index contributed by atoms with van der Waals surface area (Å²) in [4.78, 5) is 26.2. The van der Waals surface area contributed by atoms with Crippen molar-refractivity contribution in [2.75, 3.05) is 14.2 Å². The minimum absolute atomic E-state index is 0.0401. The maximum atomic E-state index is 13.2. The van der Waals surface area contributed by atoms with Gasteiger partial charge in [0.05, 0.1) is 26.5 Å². The number of carbonyl (C=O) groups is 2. The Kier molecular flexibility index (Phi) is 8.02. The highest BCUT2D eigenvalue weighted by atomic mass is 16.5. The van der Waals surface area contributed by atoms with E-state index in [0.29, 0.717) is 22.8 Å². The van der Waals surface area contributed by atoms with Crippen molar-refractivity contribution in [2.24, 2.45) is 0 Å². The molecule has 184 valence electrons. The Morgan fingerprint density at radius 2 is 1.66 bits per heavy atom. The van der Waals surface area contributed by atoms with E-state index in [4.69, 9.17) is 13.9 Å². The van der Waals surface area contributed by atoms with Gasteiger partial charge in [-0.1, -0.05) is 45.0 Å². The maximum Gasteiger partial charge on any atom is 0.268 e. The highest BCUT2D eigenvalue weighted by Crippen LogP contribution is 2.28. The molecule has 3 rings (SSSR count). The first-order valence-corrected chi connectivity index (χ1v) is 11.3. The van der Waals surface area contributed by atoms with Gasteiger partial charge in [-0.25, -0.2) is 0 Å². The number of hydrogen-bond acceptors (Lipinski definition) is 5. The van der Waals surface area contributed by atoms with E-state index in [2.05, 4.69) is 43.5 Å². The van der Waals surface area contributed by atoms with Crippen LogP contribution in [-0.2, 0) is 10.2 Å². The average Bonchev–Trinajstić information content (AvgIpc) is 3.35. The smallest absolute Gasteiger partial charge is 0.268 e. The fraction of sp³-hybridized carbons (Fsp3) is 0.286. The first-order chi connectivity index (χ1) is 16.6. The molecule has 0 aliphatic carbocycles. The number of ether oxygens (including phenoxy) is 2. The normalized spacial score (nSPS) is 12.6. The third-order valence-electron chi connectivity index (χ3n) is 5.59. The molecule has 0 radical (unpaired) electrons. The van der Waals surface area contributed by atoms with Crippen LogP contribution in [0.1, 0.15) is 61.0 Å². The summed E-state index contributed by atoms with van der Waals surface area (Å²) in [6.45, 7) is 8.35. The molecule has 3 aromatic rings. The molecule has 7 heteroatoms. The Bertz CT molecular complexity index is 1190. The number of hydrogen-bond donors (Lipinski definition) is 2. The van der Waals surface area contributed by atoms with E-state index in [1.807, 2.05) is 19.1 Å². The molecule has 35 heavy (non-hydrogen) atoms. The maximum absolute atomic E-state index is 13.2. The molecular weight excluding hydrogens is 444 g/mol. The Morgan fingerprint density at radius 1 is 0.971 bits per heavy atom. The second-order valence-electron chi connectivity index (χ2n) is 9.16. The van der Waals surface area contributed by atoms with Crippen molar-refractivity contribution in [3.8, 4) is 11.5 Å². The summed E-state index contributed by atoms with van der Waals surface area (Å²) in [7, 11) is 3.01. The lowest BCUT2D eigenvalue weighted by Gasteiger charge is -2.21. The van der Waals surface area contributed by atoms with E-state index in [1.54, 1.807) is 30.3 Å². The quantitative estimate of drug-likeness (QED) is 0.434. The van der Waals surface area contributed by atoms with Crippen LogP contribution >= 0.6 is 0 Å². The summed E-state index contributed by atoms with van der Waals surface area (Å²) in [5, 5.41) is 5.66. The first-order valence-electron chi connectivity index (χ1n) is 11.3. The van der Waals surface area contributed by atoms with Crippen molar-refractivity contribution in [3.63, 3.8) is 0 Å². The number of benzene rings is 2. The fourth-order valence-corrected chi connectivity index (χ4v) is 3.48. The molecule has 0 aliphatic rings. The van der Waals surface area contributed by atoms with Gasteiger partial charge in [0.25, 0.3) is 11.8 Å². The molecule has 2 amide bonds. The monoisotopic (exact) mass is 476 g/mol. The van der Waals surface area contributed by atoms with E-state index in [0.717, 1.165) is 5.56 Å². The number of amides is 2. The summed E-state index contributed by atoms with van der Waals surface area (Å²) >= 11 is 0. The second kappa shape index (κ2) is 11.0. The molecule has 1 aromatic heterocycles. The minimum Gasteiger partial charge on any atom is -0.493 e. The topological polar surface area (TPSA) is 89.8 Å². The molecule has 1 atom stereocenters. The van der Waals surface area contributed by atoms with Crippen LogP contribution in [0.25, 0.3) is 6.08 Å². The molecule has 0 aliphatic heterocycles. The van der Waals surface area contributed by atoms with Gasteiger partial charge in [0.2, 0.25) is 0 Å². The predicted molar refractivity (Wildman–Crippen MR) is 135 cm³/mol. The van der Waals surface area contributed by atoms with Crippen molar-refractivity contribution >= 4 is 17.9 Å². The summed E-state index contributed by atoms with van der Waals surface area (Å²) in [6, 6.07) is 16.0. The molecule has 0 unspecified atom stereocenters. The third-order valence-corrected chi connectivity index (χ3v) is 5.59. The molecule has 0 saturated carbocycles. The molecular formula is C28H32N2O5. The lowest BCUT2D eigenvalue weighted by molar-refractivity contribution is -0.118. The van der Waals surface area contributed by atoms with Gasteiger partial charge in [0.15, 0.2) is 11.5 Å². The number of furan rings is 1. The Morgan fingerprint density at radius 3 is 2.23 bits per heavy atom. The van der Waals surface area contributed by atoms with Gasteiger partial charge >= 0.3 is 0 Å². The molecule has 0 saturated heterocycles. The lowest BCUT2D eigenvalue weighted by Crippen LogP contribution is -2.36. The van der Waals surface area contributed by atoms with Gasteiger partial charge in [0, 0.05) is 11.6 Å². The van der Waals surface area contributed by atoms with E-state index in [-0.39, 0.29) is 17.2 Å². The number of methoxy groups -OCH3 is 2. The second-order valence-corrected chi connectivity index (χ2v) is 9.16. The molecule has 7 nitrogen and oxygen atoms in total. The Hall–Kier alpha value is -4.00. The van der Waals surface area contributed by atoms with Gasteiger partial charge in [-0.15, -0.1) is 0 Å². The molecule has 0 fully saturated rings. The zero-order valence-electron chi connectivity index (χ0n) is 21.0. The van der Waals surface area contributed by atoms with Gasteiger partial charge in [-0.3, -0.25) is 9.59 Å². The van der Waals surface area contributed by atoms with E-state index in [1.165, 1.54) is 32.1 Å². The molecule has 2 aromatic carbocycles. The van der Waals surface area contributed by atoms with Crippen molar-refractivity contribution in [3.05, 3.63) is 89.0 Å². The molecule has 0 spiro atoms. The van der Waals surface area contributed by atoms with Crippen molar-refractivity contribution < 1.29 is 23.5 Å². The number of rotatable bonds is 8. The van der Waals surface area contributed by atoms with Gasteiger partial charge in [-0.05, 0) is 53.8 Å². The van der Waals surface area contributed by atoms with Gasteiger partial charge < -0.3 is 24.5 Å². The first kappa shape index (κ1) is 25.6. The largest absolute Gasteiger partial charge is 0.493 e.